The summed E-state index contributed by atoms with van der Waals surface area (Å²) in [6.45, 7) is 1.74. The highest BCUT2D eigenvalue weighted by Gasteiger charge is 2.44. The van der Waals surface area contributed by atoms with Crippen LogP contribution < -0.4 is 0 Å². The Hall–Kier alpha value is -2.30. The first-order valence-corrected chi connectivity index (χ1v) is 10.8. The van der Waals surface area contributed by atoms with Gasteiger partial charge in [0.25, 0.3) is 0 Å². The molecule has 154 valence electrons. The Morgan fingerprint density at radius 1 is 1.00 bits per heavy atom. The van der Waals surface area contributed by atoms with Crippen LogP contribution in [0, 0.1) is 30.6 Å². The van der Waals surface area contributed by atoms with Gasteiger partial charge in [-0.1, -0.05) is 47.7 Å². The Kier molecular flexibility index (Phi) is 6.35. The van der Waals surface area contributed by atoms with E-state index in [1.54, 1.807) is 12.1 Å². The molecule has 1 aliphatic heterocycles. The second kappa shape index (κ2) is 8.60. The minimum atomic E-state index is -4.35. The quantitative estimate of drug-likeness (QED) is 0.676. The molecule has 2 atom stereocenters. The van der Waals surface area contributed by atoms with Crippen molar-refractivity contribution in [2.45, 2.75) is 30.8 Å². The van der Waals surface area contributed by atoms with Crippen LogP contribution in [0.25, 0.3) is 0 Å². The minimum Gasteiger partial charge on any atom is -0.207 e. The van der Waals surface area contributed by atoms with Crippen molar-refractivity contribution < 1.29 is 21.6 Å². The third-order valence-electron chi connectivity index (χ3n) is 5.07. The molecule has 29 heavy (non-hydrogen) atoms. The summed E-state index contributed by atoms with van der Waals surface area (Å²) in [4.78, 5) is 0.102. The number of aryl methyl sites for hydroxylation is 1. The maximum atomic E-state index is 13.1. The normalized spacial score (nSPS) is 20.3. The molecule has 0 N–H and O–H groups in total. The van der Waals surface area contributed by atoms with Gasteiger partial charge in [0.15, 0.2) is 0 Å². The molecule has 0 aromatic heterocycles. The van der Waals surface area contributed by atoms with E-state index in [0.29, 0.717) is 0 Å². The summed E-state index contributed by atoms with van der Waals surface area (Å²) in [5.74, 6) is 4.62. The Morgan fingerprint density at radius 3 is 2.24 bits per heavy atom. The van der Waals surface area contributed by atoms with Crippen LogP contribution in [0.5, 0.6) is 0 Å². The van der Waals surface area contributed by atoms with Crippen molar-refractivity contribution in [3.63, 3.8) is 0 Å². The molecule has 1 fully saturated rings. The zero-order chi connectivity index (χ0) is 21.1. The molecule has 1 saturated heterocycles. The first-order valence-electron chi connectivity index (χ1n) is 9.32. The third-order valence-corrected chi connectivity index (χ3v) is 6.91. The smallest absolute Gasteiger partial charge is 0.207 e. The van der Waals surface area contributed by atoms with E-state index >= 15 is 0 Å². The molecule has 7 heteroatoms. The average Bonchev–Trinajstić information content (AvgIpc) is 3.05. The molecular formula is C22H22F3NO2S. The van der Waals surface area contributed by atoms with Crippen LogP contribution in [0.3, 0.4) is 0 Å². The highest BCUT2D eigenvalue weighted by molar-refractivity contribution is 7.89. The van der Waals surface area contributed by atoms with Crippen LogP contribution in [0.4, 0.5) is 13.2 Å². The van der Waals surface area contributed by atoms with Crippen molar-refractivity contribution in [3.05, 3.63) is 65.7 Å². The maximum absolute atomic E-state index is 13.1. The van der Waals surface area contributed by atoms with Gasteiger partial charge in [0.1, 0.15) is 0 Å². The zero-order valence-corrected chi connectivity index (χ0v) is 16.8. The Balaban J connectivity index is 1.79. The Bertz CT molecular complexity index is 990. The van der Waals surface area contributed by atoms with Gasteiger partial charge in [-0.2, -0.15) is 17.5 Å². The van der Waals surface area contributed by atoms with E-state index < -0.39 is 34.5 Å². The van der Waals surface area contributed by atoms with Crippen LogP contribution in [0.2, 0.25) is 0 Å². The minimum absolute atomic E-state index is 0.0421. The predicted octanol–water partition coefficient (Wildman–Crippen LogP) is 4.63. The van der Waals surface area contributed by atoms with Crippen LogP contribution in [0.1, 0.15) is 24.0 Å². The molecule has 0 amide bonds. The number of benzene rings is 2. The molecule has 0 bridgehead atoms. The number of rotatable bonds is 4. The van der Waals surface area contributed by atoms with Gasteiger partial charge < -0.3 is 0 Å². The number of sulfonamides is 1. The number of nitrogens with zero attached hydrogens (tertiary/aromatic N) is 1. The van der Waals surface area contributed by atoms with Gasteiger partial charge in [-0.15, -0.1) is 0 Å². The third kappa shape index (κ3) is 5.62. The fourth-order valence-electron chi connectivity index (χ4n) is 3.52. The van der Waals surface area contributed by atoms with Crippen LogP contribution in [-0.4, -0.2) is 32.0 Å². The number of hydrogen-bond donors (Lipinski definition) is 0. The lowest BCUT2D eigenvalue weighted by atomic mass is 9.90. The average molecular weight is 421 g/mol. The number of alkyl halides is 3. The standard InChI is InChI=1S/C22H22F3NO2S/c1-17-10-12-21(13-11-17)29(27,28)26-15-19(20(16-26)14-22(23,24)25)9-5-8-18-6-3-2-4-7-18/h2-4,6-7,10-13,19-20H,9,14-16H2,1H3/t19-,20+/m0/s1. The van der Waals surface area contributed by atoms with Crippen LogP contribution in [-0.2, 0) is 10.0 Å². The molecule has 3 rings (SSSR count). The van der Waals surface area contributed by atoms with Crippen molar-refractivity contribution in [3.8, 4) is 11.8 Å². The van der Waals surface area contributed by atoms with Gasteiger partial charge in [-0.25, -0.2) is 8.42 Å². The predicted molar refractivity (Wildman–Crippen MR) is 106 cm³/mol. The van der Waals surface area contributed by atoms with E-state index in [9.17, 15) is 21.6 Å². The maximum Gasteiger partial charge on any atom is 0.389 e. The van der Waals surface area contributed by atoms with E-state index in [-0.39, 0.29) is 24.4 Å². The van der Waals surface area contributed by atoms with E-state index in [0.717, 1.165) is 11.1 Å². The second-order valence-electron chi connectivity index (χ2n) is 7.35. The van der Waals surface area contributed by atoms with E-state index in [1.165, 1.54) is 16.4 Å². The zero-order valence-electron chi connectivity index (χ0n) is 16.0. The fourth-order valence-corrected chi connectivity index (χ4v) is 5.07. The first kappa shape index (κ1) is 21.4. The van der Waals surface area contributed by atoms with Gasteiger partial charge in [-0.05, 0) is 43.0 Å². The molecule has 0 unspecified atom stereocenters. The summed E-state index contributed by atoms with van der Waals surface area (Å²) >= 11 is 0. The Morgan fingerprint density at radius 2 is 1.62 bits per heavy atom. The molecule has 2 aromatic carbocycles. The molecule has 0 aliphatic carbocycles. The summed E-state index contributed by atoms with van der Waals surface area (Å²) < 4.78 is 66.1. The lowest BCUT2D eigenvalue weighted by molar-refractivity contribution is -0.145. The molecule has 1 aliphatic rings. The van der Waals surface area contributed by atoms with Crippen molar-refractivity contribution in [1.29, 1.82) is 0 Å². The largest absolute Gasteiger partial charge is 0.389 e. The van der Waals surface area contributed by atoms with E-state index in [4.69, 9.17) is 0 Å². The number of halogens is 3. The highest BCUT2D eigenvalue weighted by Crippen LogP contribution is 2.37. The molecule has 3 nitrogen and oxygen atoms in total. The Labute approximate surface area is 169 Å². The lowest BCUT2D eigenvalue weighted by Crippen LogP contribution is -2.29. The van der Waals surface area contributed by atoms with Gasteiger partial charge >= 0.3 is 6.18 Å². The van der Waals surface area contributed by atoms with E-state index in [1.807, 2.05) is 37.3 Å². The second-order valence-corrected chi connectivity index (χ2v) is 9.28. The first-order chi connectivity index (χ1) is 13.6. The van der Waals surface area contributed by atoms with E-state index in [2.05, 4.69) is 11.8 Å². The van der Waals surface area contributed by atoms with Gasteiger partial charge in [0.2, 0.25) is 10.0 Å². The summed E-state index contributed by atoms with van der Waals surface area (Å²) in [7, 11) is -3.84. The van der Waals surface area contributed by atoms with Crippen molar-refractivity contribution >= 4 is 10.0 Å². The molecule has 0 radical (unpaired) electrons. The van der Waals surface area contributed by atoms with Gasteiger partial charge in [0.05, 0.1) is 4.90 Å². The number of hydrogen-bond acceptors (Lipinski definition) is 2. The SMILES string of the molecule is Cc1ccc(S(=O)(=O)N2C[C@H](CC#Cc3ccccc3)[C@H](CC(F)(F)F)C2)cc1. The highest BCUT2D eigenvalue weighted by atomic mass is 32.2. The summed E-state index contributed by atoms with van der Waals surface area (Å²) in [5, 5.41) is 0. The summed E-state index contributed by atoms with van der Waals surface area (Å²) in [6, 6.07) is 15.5. The molecule has 0 saturated carbocycles. The lowest BCUT2D eigenvalue weighted by Gasteiger charge is -2.18. The van der Waals surface area contributed by atoms with Crippen LogP contribution in [0.15, 0.2) is 59.5 Å². The molecule has 0 spiro atoms. The van der Waals surface area contributed by atoms with Crippen LogP contribution >= 0.6 is 0 Å². The monoisotopic (exact) mass is 421 g/mol. The molecule has 2 aromatic rings. The van der Waals surface area contributed by atoms with Gasteiger partial charge in [0, 0.05) is 31.5 Å². The topological polar surface area (TPSA) is 37.4 Å². The fraction of sp³-hybridized carbons (Fsp3) is 0.364. The van der Waals surface area contributed by atoms with Gasteiger partial charge in [-0.3, -0.25) is 0 Å². The van der Waals surface area contributed by atoms with Crippen molar-refractivity contribution in [2.24, 2.45) is 11.8 Å². The van der Waals surface area contributed by atoms with Crippen molar-refractivity contribution in [2.75, 3.05) is 13.1 Å². The van der Waals surface area contributed by atoms with Crippen molar-refractivity contribution in [1.82, 2.24) is 4.31 Å². The molecule has 1 heterocycles. The molecular weight excluding hydrogens is 399 g/mol. The summed E-state index contributed by atoms with van der Waals surface area (Å²) in [6.07, 6.45) is -5.14. The summed E-state index contributed by atoms with van der Waals surface area (Å²) in [5.41, 5.74) is 1.69.